The third-order valence-electron chi connectivity index (χ3n) is 2.31. The van der Waals surface area contributed by atoms with Gasteiger partial charge in [0.05, 0.1) is 6.54 Å². The summed E-state index contributed by atoms with van der Waals surface area (Å²) in [6, 6.07) is 0. The molecule has 1 rings (SSSR count). The Labute approximate surface area is 95.3 Å². The van der Waals surface area contributed by atoms with Crippen molar-refractivity contribution in [1.82, 2.24) is 15.3 Å². The second-order valence-electron chi connectivity index (χ2n) is 3.38. The lowest BCUT2D eigenvalue weighted by Gasteiger charge is -2.20. The number of hydrogen-bond acceptors (Lipinski definition) is 3. The van der Waals surface area contributed by atoms with Crippen molar-refractivity contribution < 1.29 is 4.48 Å². The number of nitrogens with zero attached hydrogens (tertiary/aromatic N) is 4. The molecule has 0 aromatic rings. The van der Waals surface area contributed by atoms with Crippen LogP contribution in [-0.4, -0.2) is 49.0 Å². The normalized spacial score (nSPS) is 16.1. The zero-order valence-electron chi connectivity index (χ0n) is 10.00. The van der Waals surface area contributed by atoms with Gasteiger partial charge in [0, 0.05) is 27.1 Å². The Morgan fingerprint density at radius 1 is 1.75 bits per heavy atom. The summed E-state index contributed by atoms with van der Waals surface area (Å²) in [6.45, 7) is 7.36. The Morgan fingerprint density at radius 2 is 2.44 bits per heavy atom. The molecular formula is C10H18FN5. The lowest BCUT2D eigenvalue weighted by Crippen LogP contribution is -2.33. The van der Waals surface area contributed by atoms with Gasteiger partial charge in [-0.05, 0) is 0 Å². The molecule has 0 radical (unpaired) electrons. The minimum absolute atomic E-state index is 0.132. The Kier molecular flexibility index (Phi) is 4.28. The lowest BCUT2D eigenvalue weighted by atomic mass is 10.4. The molecule has 16 heavy (non-hydrogen) atoms. The molecule has 0 aliphatic carbocycles. The molecule has 0 bridgehead atoms. The predicted octanol–water partition coefficient (Wildman–Crippen LogP) is 0.973. The molecule has 0 aromatic carbocycles. The third kappa shape index (κ3) is 2.71. The molecule has 6 heteroatoms. The molecule has 1 aliphatic heterocycles. The maximum Gasteiger partial charge on any atom is 0.228 e. The van der Waals surface area contributed by atoms with Crippen molar-refractivity contribution in [2.75, 3.05) is 27.2 Å². The number of halogens is 1. The molecule has 90 valence electrons. The Bertz CT molecular complexity index is 321. The summed E-state index contributed by atoms with van der Waals surface area (Å²) in [7, 11) is 2.89. The summed E-state index contributed by atoms with van der Waals surface area (Å²) in [5, 5.41) is 3.08. The predicted molar refractivity (Wildman–Crippen MR) is 63.8 cm³/mol. The fourth-order valence-corrected chi connectivity index (χ4v) is 1.54. The average molecular weight is 227 g/mol. The van der Waals surface area contributed by atoms with E-state index < -0.39 is 0 Å². The van der Waals surface area contributed by atoms with Gasteiger partial charge in [-0.15, -0.1) is 0 Å². The quantitative estimate of drug-likeness (QED) is 0.444. The first-order valence-electron chi connectivity index (χ1n) is 5.25. The second-order valence-corrected chi connectivity index (χ2v) is 3.38. The molecule has 0 saturated heterocycles. The van der Waals surface area contributed by atoms with Crippen molar-refractivity contribution in [2.24, 2.45) is 9.98 Å². The van der Waals surface area contributed by atoms with Gasteiger partial charge in [-0.1, -0.05) is 18.0 Å². The molecule has 0 amide bonds. The minimum Gasteiger partial charge on any atom is -0.357 e. The molecule has 0 spiro atoms. The highest BCUT2D eigenvalue weighted by Gasteiger charge is 2.18. The highest BCUT2D eigenvalue weighted by Crippen LogP contribution is 2.12. The topological polar surface area (TPSA) is 43.2 Å². The fourth-order valence-electron chi connectivity index (χ4n) is 1.54. The number of aliphatic imine (C=N–C) groups is 2. The van der Waals surface area contributed by atoms with Crippen LogP contribution >= 0.6 is 0 Å². The van der Waals surface area contributed by atoms with E-state index in [0.717, 1.165) is 25.3 Å². The van der Waals surface area contributed by atoms with E-state index in [-0.39, 0.29) is 5.96 Å². The van der Waals surface area contributed by atoms with Crippen molar-refractivity contribution in [1.29, 1.82) is 0 Å². The molecular weight excluding hydrogens is 209 g/mol. The first-order valence-corrected chi connectivity index (χ1v) is 5.25. The van der Waals surface area contributed by atoms with E-state index in [9.17, 15) is 4.48 Å². The van der Waals surface area contributed by atoms with E-state index >= 15 is 0 Å². The van der Waals surface area contributed by atoms with Gasteiger partial charge >= 0.3 is 0 Å². The largest absolute Gasteiger partial charge is 0.357 e. The summed E-state index contributed by atoms with van der Waals surface area (Å²) < 4.78 is 12.9. The van der Waals surface area contributed by atoms with Crippen molar-refractivity contribution in [3.63, 3.8) is 0 Å². The smallest absolute Gasteiger partial charge is 0.228 e. The molecule has 1 heterocycles. The van der Waals surface area contributed by atoms with Crippen molar-refractivity contribution >= 4 is 11.8 Å². The zero-order chi connectivity index (χ0) is 12.1. The first-order chi connectivity index (χ1) is 7.60. The van der Waals surface area contributed by atoms with Gasteiger partial charge in [-0.25, -0.2) is 0 Å². The molecule has 1 aliphatic rings. The van der Waals surface area contributed by atoms with Gasteiger partial charge in [0.25, 0.3) is 0 Å². The van der Waals surface area contributed by atoms with Crippen LogP contribution < -0.4 is 5.32 Å². The van der Waals surface area contributed by atoms with Crippen LogP contribution in [0.1, 0.15) is 13.3 Å². The summed E-state index contributed by atoms with van der Waals surface area (Å²) >= 11 is 0. The maximum absolute atomic E-state index is 12.9. The van der Waals surface area contributed by atoms with Crippen LogP contribution in [0.3, 0.4) is 0 Å². The molecule has 0 aromatic heterocycles. The minimum atomic E-state index is 0.132. The zero-order valence-corrected chi connectivity index (χ0v) is 10.00. The van der Waals surface area contributed by atoms with Crippen molar-refractivity contribution in [3.05, 3.63) is 12.4 Å². The molecule has 0 saturated carbocycles. The fraction of sp³-hybridized carbons (Fsp3) is 0.600. The molecule has 0 unspecified atom stereocenters. The van der Waals surface area contributed by atoms with Crippen LogP contribution in [0.25, 0.3) is 0 Å². The van der Waals surface area contributed by atoms with Gasteiger partial charge in [-0.3, -0.25) is 4.99 Å². The number of hydrogen-bond donors (Lipinski definition) is 1. The van der Waals surface area contributed by atoms with Crippen LogP contribution in [0.15, 0.2) is 22.4 Å². The van der Waals surface area contributed by atoms with Gasteiger partial charge < -0.3 is 10.2 Å². The van der Waals surface area contributed by atoms with Gasteiger partial charge in [0.1, 0.15) is 11.7 Å². The van der Waals surface area contributed by atoms with Gasteiger partial charge in [0.15, 0.2) is 0 Å². The Balaban J connectivity index is 2.75. The van der Waals surface area contributed by atoms with E-state index in [1.54, 1.807) is 7.05 Å². The van der Waals surface area contributed by atoms with Gasteiger partial charge in [0.2, 0.25) is 5.96 Å². The lowest BCUT2D eigenvalue weighted by molar-refractivity contribution is 0.155. The first kappa shape index (κ1) is 12.5. The Morgan fingerprint density at radius 3 is 2.94 bits per heavy atom. The van der Waals surface area contributed by atoms with Crippen LogP contribution in [0.4, 0.5) is 4.48 Å². The molecule has 1 N–H and O–H groups in total. The summed E-state index contributed by atoms with van der Waals surface area (Å²) in [5.41, 5.74) is 0. The number of amidine groups is 1. The summed E-state index contributed by atoms with van der Waals surface area (Å²) in [6.07, 6.45) is 0.828. The van der Waals surface area contributed by atoms with Crippen LogP contribution in [0, 0.1) is 0 Å². The monoisotopic (exact) mass is 227 g/mol. The van der Waals surface area contributed by atoms with E-state index in [4.69, 9.17) is 0 Å². The highest BCUT2D eigenvalue weighted by molar-refractivity contribution is 5.86. The number of guanidine groups is 1. The van der Waals surface area contributed by atoms with Crippen LogP contribution in [-0.2, 0) is 0 Å². The molecule has 5 nitrogen and oxygen atoms in total. The molecule has 0 atom stereocenters. The van der Waals surface area contributed by atoms with Crippen molar-refractivity contribution in [3.8, 4) is 0 Å². The van der Waals surface area contributed by atoms with Gasteiger partial charge in [-0.2, -0.15) is 10.1 Å². The number of nitrogens with one attached hydrogen (secondary N) is 1. The van der Waals surface area contributed by atoms with Crippen LogP contribution in [0.2, 0.25) is 0 Å². The number of rotatable bonds is 3. The van der Waals surface area contributed by atoms with E-state index in [0.29, 0.717) is 10.9 Å². The van der Waals surface area contributed by atoms with E-state index in [2.05, 4.69) is 21.9 Å². The summed E-state index contributed by atoms with van der Waals surface area (Å²) in [4.78, 5) is 10.3. The second kappa shape index (κ2) is 5.48. The Hall–Kier alpha value is -1.59. The molecule has 0 fully saturated rings. The van der Waals surface area contributed by atoms with E-state index in [1.807, 2.05) is 11.8 Å². The van der Waals surface area contributed by atoms with E-state index in [1.165, 1.54) is 7.05 Å². The maximum atomic E-state index is 12.9. The summed E-state index contributed by atoms with van der Waals surface area (Å²) in [5.74, 6) is 1.59. The SMILES string of the molecule is C=C(/N=C(/NC)N(C)F)N1CCN=C1CC. The third-order valence-corrected chi connectivity index (χ3v) is 2.31. The van der Waals surface area contributed by atoms with Crippen LogP contribution in [0.5, 0.6) is 0 Å². The van der Waals surface area contributed by atoms with Crippen molar-refractivity contribution in [2.45, 2.75) is 13.3 Å². The standard InChI is InChI=1S/C10H18FN5/c1-5-9-13-6-7-16(9)8(2)14-10(12-3)15(4)11/h2,5-7H2,1,3-4H3,(H,12,14). The average Bonchev–Trinajstić information content (AvgIpc) is 2.72. The highest BCUT2D eigenvalue weighted by atomic mass is 19.2.